The molecule has 0 spiro atoms. The minimum Gasteiger partial charge on any atom is -0.271 e. The Bertz CT molecular complexity index is 276. The summed E-state index contributed by atoms with van der Waals surface area (Å²) >= 11 is 1.85. The van der Waals surface area contributed by atoms with Gasteiger partial charge in [-0.2, -0.15) is 11.8 Å². The van der Waals surface area contributed by atoms with E-state index in [0.717, 1.165) is 23.5 Å². The van der Waals surface area contributed by atoms with Crippen molar-refractivity contribution in [3.8, 4) is 0 Å². The first-order valence-electron chi connectivity index (χ1n) is 5.07. The lowest BCUT2D eigenvalue weighted by atomic mass is 10.1. The highest BCUT2D eigenvalue weighted by molar-refractivity contribution is 7.99. The fourth-order valence-electron chi connectivity index (χ4n) is 1.28. The second-order valence-electron chi connectivity index (χ2n) is 3.35. The van der Waals surface area contributed by atoms with Gasteiger partial charge in [-0.3, -0.25) is 11.3 Å². The number of halogens is 1. The van der Waals surface area contributed by atoms with Gasteiger partial charge in [-0.05, 0) is 29.9 Å². The molecule has 15 heavy (non-hydrogen) atoms. The lowest BCUT2D eigenvalue weighted by Gasteiger charge is -2.15. The van der Waals surface area contributed by atoms with Gasteiger partial charge in [-0.15, -0.1) is 0 Å². The summed E-state index contributed by atoms with van der Waals surface area (Å²) in [4.78, 5) is 0. The molecule has 1 aromatic rings. The number of nitrogens with one attached hydrogen (secondary N) is 1. The van der Waals surface area contributed by atoms with Crippen molar-refractivity contribution in [1.82, 2.24) is 5.43 Å². The molecular formula is C11H17FN2S. The molecule has 1 rings (SSSR count). The smallest absolute Gasteiger partial charge is 0.123 e. The second-order valence-corrected chi connectivity index (χ2v) is 4.50. The van der Waals surface area contributed by atoms with Gasteiger partial charge in [-0.25, -0.2) is 4.39 Å². The number of hydrogen-bond acceptors (Lipinski definition) is 3. The summed E-state index contributed by atoms with van der Waals surface area (Å²) in [6.45, 7) is 2.15. The van der Waals surface area contributed by atoms with Crippen LogP contribution in [-0.2, 0) is 0 Å². The summed E-state index contributed by atoms with van der Waals surface area (Å²) in [7, 11) is 0. The SMILES string of the molecule is CCCSCC(NN)c1ccc(F)cc1. The molecule has 1 unspecified atom stereocenters. The Kier molecular flexibility index (Phi) is 5.68. The van der Waals surface area contributed by atoms with Crippen LogP contribution in [0.1, 0.15) is 24.9 Å². The van der Waals surface area contributed by atoms with Crippen LogP contribution in [0.4, 0.5) is 4.39 Å². The van der Waals surface area contributed by atoms with E-state index in [4.69, 9.17) is 5.84 Å². The van der Waals surface area contributed by atoms with Gasteiger partial charge in [0.25, 0.3) is 0 Å². The molecule has 0 amide bonds. The molecule has 0 aliphatic carbocycles. The van der Waals surface area contributed by atoms with Crippen LogP contribution in [0.2, 0.25) is 0 Å². The lowest BCUT2D eigenvalue weighted by molar-refractivity contribution is 0.601. The monoisotopic (exact) mass is 228 g/mol. The van der Waals surface area contributed by atoms with Gasteiger partial charge < -0.3 is 0 Å². The number of hydrazine groups is 1. The highest BCUT2D eigenvalue weighted by atomic mass is 32.2. The molecule has 0 saturated carbocycles. The fourth-order valence-corrected chi connectivity index (χ4v) is 2.26. The molecule has 0 radical (unpaired) electrons. The maximum absolute atomic E-state index is 12.7. The van der Waals surface area contributed by atoms with Gasteiger partial charge in [0, 0.05) is 5.75 Å². The third-order valence-corrected chi connectivity index (χ3v) is 3.37. The van der Waals surface area contributed by atoms with E-state index in [1.54, 1.807) is 12.1 Å². The molecule has 2 nitrogen and oxygen atoms in total. The van der Waals surface area contributed by atoms with E-state index >= 15 is 0 Å². The third kappa shape index (κ3) is 4.20. The minimum atomic E-state index is -0.212. The molecule has 0 heterocycles. The Labute approximate surface area is 94.4 Å². The first kappa shape index (κ1) is 12.5. The third-order valence-electron chi connectivity index (χ3n) is 2.11. The Hall–Kier alpha value is -0.580. The van der Waals surface area contributed by atoms with E-state index in [1.165, 1.54) is 12.1 Å². The van der Waals surface area contributed by atoms with E-state index in [1.807, 2.05) is 11.8 Å². The van der Waals surface area contributed by atoms with Gasteiger partial charge in [0.15, 0.2) is 0 Å². The Balaban J connectivity index is 2.53. The zero-order valence-corrected chi connectivity index (χ0v) is 9.69. The lowest BCUT2D eigenvalue weighted by Crippen LogP contribution is -2.29. The topological polar surface area (TPSA) is 38.0 Å². The molecule has 0 fully saturated rings. The highest BCUT2D eigenvalue weighted by Crippen LogP contribution is 2.18. The Morgan fingerprint density at radius 3 is 2.60 bits per heavy atom. The van der Waals surface area contributed by atoms with Crippen molar-refractivity contribution in [3.63, 3.8) is 0 Å². The van der Waals surface area contributed by atoms with Crippen molar-refractivity contribution in [2.75, 3.05) is 11.5 Å². The van der Waals surface area contributed by atoms with Crippen molar-refractivity contribution in [1.29, 1.82) is 0 Å². The van der Waals surface area contributed by atoms with Crippen molar-refractivity contribution in [3.05, 3.63) is 35.6 Å². The molecule has 0 aliphatic heterocycles. The zero-order valence-electron chi connectivity index (χ0n) is 8.87. The number of hydrogen-bond donors (Lipinski definition) is 2. The van der Waals surface area contributed by atoms with E-state index < -0.39 is 0 Å². The van der Waals surface area contributed by atoms with Gasteiger partial charge in [0.2, 0.25) is 0 Å². The van der Waals surface area contributed by atoms with E-state index in [-0.39, 0.29) is 11.9 Å². The predicted octanol–water partition coefficient (Wildman–Crippen LogP) is 2.47. The number of thioether (sulfide) groups is 1. The number of nitrogens with two attached hydrogens (primary N) is 1. The molecule has 0 bridgehead atoms. The quantitative estimate of drug-likeness (QED) is 0.446. The van der Waals surface area contributed by atoms with E-state index in [2.05, 4.69) is 12.3 Å². The van der Waals surface area contributed by atoms with Crippen molar-refractivity contribution >= 4 is 11.8 Å². The molecule has 0 aliphatic rings. The van der Waals surface area contributed by atoms with Crippen LogP contribution >= 0.6 is 11.8 Å². The normalized spacial score (nSPS) is 12.7. The van der Waals surface area contributed by atoms with Crippen LogP contribution in [0.5, 0.6) is 0 Å². The van der Waals surface area contributed by atoms with Crippen LogP contribution in [0, 0.1) is 5.82 Å². The summed E-state index contributed by atoms with van der Waals surface area (Å²) in [5, 5.41) is 0. The van der Waals surface area contributed by atoms with Gasteiger partial charge >= 0.3 is 0 Å². The maximum Gasteiger partial charge on any atom is 0.123 e. The van der Waals surface area contributed by atoms with Crippen molar-refractivity contribution in [2.24, 2.45) is 5.84 Å². The van der Waals surface area contributed by atoms with Crippen LogP contribution in [0.25, 0.3) is 0 Å². The molecule has 1 atom stereocenters. The second kappa shape index (κ2) is 6.82. The van der Waals surface area contributed by atoms with Crippen LogP contribution < -0.4 is 11.3 Å². The summed E-state index contributed by atoms with van der Waals surface area (Å²) < 4.78 is 12.7. The molecule has 1 aromatic carbocycles. The Morgan fingerprint density at radius 2 is 2.07 bits per heavy atom. The largest absolute Gasteiger partial charge is 0.271 e. The predicted molar refractivity (Wildman–Crippen MR) is 64.1 cm³/mol. The number of benzene rings is 1. The number of rotatable bonds is 6. The average molecular weight is 228 g/mol. The van der Waals surface area contributed by atoms with Crippen molar-refractivity contribution < 1.29 is 4.39 Å². The van der Waals surface area contributed by atoms with Crippen LogP contribution in [-0.4, -0.2) is 11.5 Å². The average Bonchev–Trinajstić information content (AvgIpc) is 2.26. The first-order chi connectivity index (χ1) is 7.27. The van der Waals surface area contributed by atoms with Crippen molar-refractivity contribution in [2.45, 2.75) is 19.4 Å². The maximum atomic E-state index is 12.7. The molecular weight excluding hydrogens is 211 g/mol. The fraction of sp³-hybridized carbons (Fsp3) is 0.455. The van der Waals surface area contributed by atoms with Gasteiger partial charge in [0.05, 0.1) is 6.04 Å². The van der Waals surface area contributed by atoms with E-state index in [0.29, 0.717) is 0 Å². The van der Waals surface area contributed by atoms with Gasteiger partial charge in [0.1, 0.15) is 5.82 Å². The molecule has 0 aromatic heterocycles. The first-order valence-corrected chi connectivity index (χ1v) is 6.22. The summed E-state index contributed by atoms with van der Waals surface area (Å²) in [5.74, 6) is 7.29. The molecule has 84 valence electrons. The highest BCUT2D eigenvalue weighted by Gasteiger charge is 2.08. The molecule has 3 N–H and O–H groups in total. The standard InChI is InChI=1S/C11H17FN2S/c1-2-7-15-8-11(14-13)9-3-5-10(12)6-4-9/h3-6,11,14H,2,7-8,13H2,1H3. The summed E-state index contributed by atoms with van der Waals surface area (Å²) in [6.07, 6.45) is 1.16. The zero-order chi connectivity index (χ0) is 11.1. The summed E-state index contributed by atoms with van der Waals surface area (Å²) in [6, 6.07) is 6.56. The molecule has 4 heteroatoms. The molecule has 0 saturated heterocycles. The van der Waals surface area contributed by atoms with Crippen LogP contribution in [0.15, 0.2) is 24.3 Å². The summed E-state index contributed by atoms with van der Waals surface area (Å²) in [5.41, 5.74) is 3.78. The van der Waals surface area contributed by atoms with Gasteiger partial charge in [-0.1, -0.05) is 19.1 Å². The van der Waals surface area contributed by atoms with Crippen LogP contribution in [0.3, 0.4) is 0 Å². The minimum absolute atomic E-state index is 0.0992. The van der Waals surface area contributed by atoms with E-state index in [9.17, 15) is 4.39 Å². The Morgan fingerprint density at radius 1 is 1.40 bits per heavy atom.